The average Bonchev–Trinajstić information content (AvgIpc) is 2.70. The van der Waals surface area contributed by atoms with E-state index < -0.39 is 0 Å². The van der Waals surface area contributed by atoms with E-state index in [4.69, 9.17) is 9.47 Å². The zero-order chi connectivity index (χ0) is 19.1. The molecular weight excluding hydrogens is 344 g/mol. The molecule has 3 rings (SSSR count). The van der Waals surface area contributed by atoms with Gasteiger partial charge in [-0.3, -0.25) is 25.6 Å². The van der Waals surface area contributed by atoms with Gasteiger partial charge in [0.15, 0.2) is 6.29 Å². The minimum atomic E-state index is -0.211. The van der Waals surface area contributed by atoms with Gasteiger partial charge in [0.1, 0.15) is 5.84 Å². The third kappa shape index (κ3) is 5.48. The molecule has 1 aromatic carbocycles. The summed E-state index contributed by atoms with van der Waals surface area (Å²) in [5, 5.41) is 0.935. The number of ether oxygens (including phenoxy) is 2. The lowest BCUT2D eigenvalue weighted by molar-refractivity contribution is -0.181. The Bertz CT molecular complexity index is 816. The van der Waals surface area contributed by atoms with Crippen molar-refractivity contribution < 1.29 is 14.3 Å². The van der Waals surface area contributed by atoms with Crippen molar-refractivity contribution in [3.8, 4) is 0 Å². The molecule has 7 nitrogen and oxygen atoms in total. The second-order valence-electron chi connectivity index (χ2n) is 6.53. The van der Waals surface area contributed by atoms with E-state index in [0.717, 1.165) is 54.9 Å². The number of nitrogens with one attached hydrogen (secondary N) is 2. The number of hydrazine groups is 1. The van der Waals surface area contributed by atoms with E-state index in [2.05, 4.69) is 20.8 Å². The number of aromatic nitrogens is 1. The van der Waals surface area contributed by atoms with Crippen LogP contribution in [0.1, 0.15) is 41.7 Å². The third-order valence-corrected chi connectivity index (χ3v) is 4.43. The van der Waals surface area contributed by atoms with Crippen LogP contribution in [0.3, 0.4) is 0 Å². The number of carbonyl (C=O) groups is 1. The van der Waals surface area contributed by atoms with Crippen LogP contribution in [0.2, 0.25) is 0 Å². The van der Waals surface area contributed by atoms with Crippen LogP contribution >= 0.6 is 0 Å². The van der Waals surface area contributed by atoms with Crippen LogP contribution in [0.25, 0.3) is 10.9 Å². The number of amidine groups is 1. The Morgan fingerprint density at radius 2 is 2.04 bits per heavy atom. The van der Waals surface area contributed by atoms with Crippen molar-refractivity contribution in [3.63, 3.8) is 0 Å². The first-order chi connectivity index (χ1) is 13.2. The van der Waals surface area contributed by atoms with Crippen LogP contribution in [-0.4, -0.2) is 43.3 Å². The molecule has 1 aromatic heterocycles. The summed E-state index contributed by atoms with van der Waals surface area (Å²) in [4.78, 5) is 21.1. The number of carbonyl (C=O) groups excluding carboxylic acids is 1. The van der Waals surface area contributed by atoms with E-state index in [-0.39, 0.29) is 12.2 Å². The summed E-state index contributed by atoms with van der Waals surface area (Å²) in [6.45, 7) is 3.46. The predicted molar refractivity (Wildman–Crippen MR) is 105 cm³/mol. The maximum Gasteiger partial charge on any atom is 0.269 e. The van der Waals surface area contributed by atoms with Crippen molar-refractivity contribution in [1.29, 1.82) is 0 Å². The van der Waals surface area contributed by atoms with Crippen molar-refractivity contribution in [2.24, 2.45) is 4.99 Å². The zero-order valence-corrected chi connectivity index (χ0v) is 15.8. The molecule has 0 spiro atoms. The lowest BCUT2D eigenvalue weighted by Crippen LogP contribution is -2.41. The van der Waals surface area contributed by atoms with E-state index in [0.29, 0.717) is 12.0 Å². The highest BCUT2D eigenvalue weighted by atomic mass is 16.7. The Kier molecular flexibility index (Phi) is 6.73. The average molecular weight is 370 g/mol. The monoisotopic (exact) mass is 370 g/mol. The van der Waals surface area contributed by atoms with Crippen molar-refractivity contribution in [1.82, 2.24) is 15.8 Å². The predicted octanol–water partition coefficient (Wildman–Crippen LogP) is 2.74. The van der Waals surface area contributed by atoms with Crippen LogP contribution in [0.5, 0.6) is 0 Å². The van der Waals surface area contributed by atoms with Gasteiger partial charge in [0.05, 0.1) is 18.7 Å². The number of aryl methyl sites for hydroxylation is 1. The Morgan fingerprint density at radius 3 is 2.81 bits per heavy atom. The molecule has 1 fully saturated rings. The molecule has 0 unspecified atom stereocenters. The summed E-state index contributed by atoms with van der Waals surface area (Å²) in [5.41, 5.74) is 8.03. The number of rotatable bonds is 5. The molecule has 2 N–H and O–H groups in total. The topological polar surface area (TPSA) is 84.8 Å². The van der Waals surface area contributed by atoms with Gasteiger partial charge in [-0.05, 0) is 50.5 Å². The Hall–Kier alpha value is -2.51. The lowest BCUT2D eigenvalue weighted by Gasteiger charge is -2.23. The number of amides is 1. The molecule has 1 aliphatic heterocycles. The Labute approximate surface area is 159 Å². The molecule has 0 aliphatic carbocycles. The van der Waals surface area contributed by atoms with Crippen molar-refractivity contribution in [2.75, 3.05) is 20.3 Å². The van der Waals surface area contributed by atoms with E-state index in [9.17, 15) is 4.79 Å². The van der Waals surface area contributed by atoms with Gasteiger partial charge in [-0.25, -0.2) is 0 Å². The van der Waals surface area contributed by atoms with Gasteiger partial charge in [0.25, 0.3) is 5.91 Å². The third-order valence-electron chi connectivity index (χ3n) is 4.43. The van der Waals surface area contributed by atoms with Gasteiger partial charge >= 0.3 is 0 Å². The highest BCUT2D eigenvalue weighted by Gasteiger charge is 2.14. The lowest BCUT2D eigenvalue weighted by atomic mass is 10.1. The van der Waals surface area contributed by atoms with E-state index >= 15 is 0 Å². The molecule has 27 heavy (non-hydrogen) atoms. The van der Waals surface area contributed by atoms with Gasteiger partial charge in [-0.1, -0.05) is 6.07 Å². The van der Waals surface area contributed by atoms with Crippen LogP contribution in [0.15, 0.2) is 35.3 Å². The minimum Gasteiger partial charge on any atom is -0.353 e. The second-order valence-corrected chi connectivity index (χ2v) is 6.53. The van der Waals surface area contributed by atoms with Gasteiger partial charge in [-0.15, -0.1) is 0 Å². The van der Waals surface area contributed by atoms with Crippen molar-refractivity contribution >= 4 is 22.6 Å². The summed E-state index contributed by atoms with van der Waals surface area (Å²) >= 11 is 0. The maximum absolute atomic E-state index is 12.4. The van der Waals surface area contributed by atoms with Gasteiger partial charge in [0.2, 0.25) is 0 Å². The quantitative estimate of drug-likeness (QED) is 0.480. The molecule has 0 saturated carbocycles. The number of pyridine rings is 1. The molecule has 1 amide bonds. The highest BCUT2D eigenvalue weighted by Crippen LogP contribution is 2.15. The molecule has 1 saturated heterocycles. The van der Waals surface area contributed by atoms with Gasteiger partial charge in [0, 0.05) is 30.1 Å². The number of aliphatic imine (C=N–C) groups is 1. The molecule has 7 heteroatoms. The van der Waals surface area contributed by atoms with Gasteiger partial charge < -0.3 is 9.47 Å². The maximum atomic E-state index is 12.4. The van der Waals surface area contributed by atoms with Crippen LogP contribution in [-0.2, 0) is 9.47 Å². The zero-order valence-electron chi connectivity index (χ0n) is 15.8. The highest BCUT2D eigenvalue weighted by molar-refractivity contribution is 5.99. The molecule has 2 heterocycles. The fraction of sp³-hybridized carbons (Fsp3) is 0.450. The summed E-state index contributed by atoms with van der Waals surface area (Å²) < 4.78 is 11.1. The molecule has 2 aromatic rings. The van der Waals surface area contributed by atoms with Crippen molar-refractivity contribution in [3.05, 3.63) is 41.6 Å². The Morgan fingerprint density at radius 1 is 1.22 bits per heavy atom. The smallest absolute Gasteiger partial charge is 0.269 e. The summed E-state index contributed by atoms with van der Waals surface area (Å²) in [6, 6.07) is 9.36. The summed E-state index contributed by atoms with van der Waals surface area (Å²) in [5.74, 6) is 0.509. The molecular formula is C20H26N4O3. The van der Waals surface area contributed by atoms with Crippen LogP contribution in [0.4, 0.5) is 0 Å². The fourth-order valence-corrected chi connectivity index (χ4v) is 2.94. The molecule has 1 aliphatic rings. The SMILES string of the molecule is CN=C(CCCC1OCCCO1)NNC(=O)c1ccc2nc(C)ccc2c1. The number of hydrogen-bond donors (Lipinski definition) is 2. The number of benzene rings is 1. The minimum absolute atomic E-state index is 0.124. The van der Waals surface area contributed by atoms with Crippen LogP contribution < -0.4 is 10.9 Å². The Balaban J connectivity index is 1.48. The molecule has 144 valence electrons. The molecule has 0 atom stereocenters. The number of nitrogens with zero attached hydrogens (tertiary/aromatic N) is 2. The van der Waals surface area contributed by atoms with Gasteiger partial charge in [-0.2, -0.15) is 0 Å². The molecule has 0 bridgehead atoms. The second kappa shape index (κ2) is 9.43. The number of fused-ring (bicyclic) bond motifs is 1. The standard InChI is InChI=1S/C20H26N4O3/c1-14-7-8-15-13-16(9-10-17(15)22-14)20(25)24-23-18(21-2)5-3-6-19-26-11-4-12-27-19/h7-10,13,19H,3-6,11-12H2,1-2H3,(H,21,23)(H,24,25). The summed E-state index contributed by atoms with van der Waals surface area (Å²) in [7, 11) is 1.70. The summed E-state index contributed by atoms with van der Waals surface area (Å²) in [6.07, 6.45) is 3.21. The first-order valence-corrected chi connectivity index (χ1v) is 9.28. The molecule has 0 radical (unpaired) electrons. The van der Waals surface area contributed by atoms with E-state index in [1.807, 2.05) is 31.2 Å². The fourth-order valence-electron chi connectivity index (χ4n) is 2.94. The van der Waals surface area contributed by atoms with Crippen LogP contribution in [0, 0.1) is 6.92 Å². The number of hydrogen-bond acceptors (Lipinski definition) is 5. The first kappa shape index (κ1) is 19.3. The van der Waals surface area contributed by atoms with E-state index in [1.165, 1.54) is 0 Å². The largest absolute Gasteiger partial charge is 0.353 e. The van der Waals surface area contributed by atoms with Crippen molar-refractivity contribution in [2.45, 2.75) is 38.9 Å². The first-order valence-electron chi connectivity index (χ1n) is 9.28. The normalized spacial score (nSPS) is 15.7. The van der Waals surface area contributed by atoms with E-state index in [1.54, 1.807) is 13.1 Å².